The fraction of sp³-hybridized carbons (Fsp3) is 0.881. The first kappa shape index (κ1) is 67.2. The number of hydrogen-bond acceptors (Lipinski definition) is 15. The van der Waals surface area contributed by atoms with Gasteiger partial charge in [-0.15, -0.1) is 0 Å². The van der Waals surface area contributed by atoms with E-state index in [1.54, 1.807) is 0 Å². The van der Waals surface area contributed by atoms with Gasteiger partial charge in [-0.1, -0.05) is 156 Å². The Hall–Kier alpha value is -3.95. The lowest BCUT2D eigenvalue weighted by molar-refractivity contribution is -0.156. The van der Waals surface area contributed by atoms with Crippen molar-refractivity contribution in [1.29, 1.82) is 0 Å². The van der Waals surface area contributed by atoms with E-state index >= 15 is 0 Å². The molecule has 0 saturated carbocycles. The molecule has 2 saturated heterocycles. The number of piperidine rings is 1. The Kier molecular flexibility index (Phi) is 39.5. The van der Waals surface area contributed by atoms with Gasteiger partial charge in [0.25, 0.3) is 0 Å². The predicted octanol–water partition coefficient (Wildman–Crippen LogP) is 12.3. The van der Waals surface area contributed by atoms with E-state index in [-0.39, 0.29) is 108 Å². The Morgan fingerprint density at radius 1 is 0.413 bits per heavy atom. The summed E-state index contributed by atoms with van der Waals surface area (Å²) in [5.74, 6) is -3.90. The van der Waals surface area contributed by atoms with E-state index < -0.39 is 42.0 Å². The summed E-state index contributed by atoms with van der Waals surface area (Å²) >= 11 is 0. The molecule has 0 aromatic heterocycles. The first-order valence-electron chi connectivity index (χ1n) is 30.0. The molecule has 1 amide bonds. The second-order valence-corrected chi connectivity index (χ2v) is 21.5. The minimum absolute atomic E-state index is 0.108. The van der Waals surface area contributed by atoms with Gasteiger partial charge in [-0.05, 0) is 65.0 Å². The van der Waals surface area contributed by atoms with E-state index in [1.165, 1.54) is 30.6 Å². The Balaban J connectivity index is 2.10. The molecule has 3 atom stereocenters. The van der Waals surface area contributed by atoms with Crippen LogP contribution in [0.2, 0.25) is 0 Å². The van der Waals surface area contributed by atoms with Gasteiger partial charge >= 0.3 is 41.9 Å². The molecule has 2 heterocycles. The zero-order chi connectivity index (χ0) is 54.7. The molecule has 0 N–H and O–H groups in total. The van der Waals surface area contributed by atoms with Crippen molar-refractivity contribution in [1.82, 2.24) is 9.80 Å². The molecular weight excluding hydrogens is 961 g/mol. The maximum Gasteiger partial charge on any atom is 0.410 e. The molecule has 0 aromatic carbocycles. The number of hydrogen-bond donors (Lipinski definition) is 0. The monoisotopic (exact) mass is 1060 g/mol. The molecule has 2 rings (SSSR count). The number of likely N-dealkylation sites (tertiary alicyclic amines) is 2. The van der Waals surface area contributed by atoms with E-state index in [4.69, 9.17) is 33.2 Å². The zero-order valence-corrected chi connectivity index (χ0v) is 47.7. The summed E-state index contributed by atoms with van der Waals surface area (Å²) in [4.78, 5) is 95.6. The fourth-order valence-electron chi connectivity index (χ4n) is 9.64. The maximum absolute atomic E-state index is 14.1. The molecule has 0 aliphatic carbocycles. The molecule has 0 aromatic rings. The van der Waals surface area contributed by atoms with E-state index in [0.29, 0.717) is 51.5 Å². The standard InChI is InChI=1S/C59H104N2O14/c1-6-10-14-18-22-26-32-53(62)69-42-48(43-70-54(63)33-27-23-19-15-11-7-2)39-57(66)73-46-50-36-37-51(61(50)59(68)75-52-31-30-38-60(5)41-52)47-74-58(67)40-49(44-71-55(64)34-28-24-20-16-12-8-3)45-72-56(65)35-29-25-21-17-13-9-4/h48-52H,6-47H2,1-5H3/t50-,51+,52?. The maximum atomic E-state index is 14.1. The van der Waals surface area contributed by atoms with Crippen molar-refractivity contribution in [3.05, 3.63) is 0 Å². The average Bonchev–Trinajstić information content (AvgIpc) is 3.81. The number of likely N-dealkylation sites (N-methyl/N-ethyl adjacent to an activating group) is 1. The molecule has 16 nitrogen and oxygen atoms in total. The number of unbranched alkanes of at least 4 members (excludes halogenated alkanes) is 20. The minimum Gasteiger partial charge on any atom is -0.465 e. The quantitative estimate of drug-likeness (QED) is 0.0318. The summed E-state index contributed by atoms with van der Waals surface area (Å²) in [6.07, 6.45) is 26.8. The Morgan fingerprint density at radius 2 is 0.733 bits per heavy atom. The van der Waals surface area contributed by atoms with Crippen LogP contribution in [0.4, 0.5) is 4.79 Å². The molecule has 2 aliphatic rings. The van der Waals surface area contributed by atoms with Gasteiger partial charge in [-0.3, -0.25) is 33.7 Å². The van der Waals surface area contributed by atoms with Crippen LogP contribution in [0.15, 0.2) is 0 Å². The topological polar surface area (TPSA) is 191 Å². The lowest BCUT2D eigenvalue weighted by atomic mass is 10.1. The third-order valence-corrected chi connectivity index (χ3v) is 14.3. The summed E-state index contributed by atoms with van der Waals surface area (Å²) in [5, 5.41) is 0. The number of esters is 6. The highest BCUT2D eigenvalue weighted by Gasteiger charge is 2.41. The summed E-state index contributed by atoms with van der Waals surface area (Å²) < 4.78 is 40.1. The molecule has 16 heteroatoms. The predicted molar refractivity (Wildman–Crippen MR) is 290 cm³/mol. The van der Waals surface area contributed by atoms with E-state index in [2.05, 4.69) is 32.6 Å². The summed E-state index contributed by atoms with van der Waals surface area (Å²) in [6.45, 7) is 9.36. The highest BCUT2D eigenvalue weighted by molar-refractivity contribution is 5.73. The number of amides is 1. The van der Waals surface area contributed by atoms with Gasteiger partial charge < -0.3 is 38.1 Å². The second kappa shape index (κ2) is 44.1. The number of ether oxygens (including phenoxy) is 7. The molecule has 75 heavy (non-hydrogen) atoms. The van der Waals surface area contributed by atoms with Crippen molar-refractivity contribution < 1.29 is 66.7 Å². The van der Waals surface area contributed by atoms with Gasteiger partial charge in [0, 0.05) is 44.1 Å². The molecule has 0 spiro atoms. The SMILES string of the molecule is CCCCCCCCC(=O)OCC(COC(=O)CCCCCCCC)CC(=O)OC[C@H]1CC[C@@H](COC(=O)CC(COC(=O)CCCCCCCC)COC(=O)CCCCCCCC)N1C(=O)OC1CCCN(C)C1. The van der Waals surface area contributed by atoms with Crippen molar-refractivity contribution in [2.75, 3.05) is 59.8 Å². The second-order valence-electron chi connectivity index (χ2n) is 21.5. The van der Waals surface area contributed by atoms with Crippen LogP contribution < -0.4 is 0 Å². The van der Waals surface area contributed by atoms with Gasteiger partial charge in [0.05, 0.1) is 51.4 Å². The Bertz CT molecular complexity index is 1400. The van der Waals surface area contributed by atoms with Crippen LogP contribution in [0.5, 0.6) is 0 Å². The smallest absolute Gasteiger partial charge is 0.410 e. The Labute approximate surface area is 452 Å². The Morgan fingerprint density at radius 3 is 1.05 bits per heavy atom. The molecule has 1 unspecified atom stereocenters. The normalized spacial score (nSPS) is 16.7. The van der Waals surface area contributed by atoms with Crippen LogP contribution >= 0.6 is 0 Å². The van der Waals surface area contributed by atoms with Crippen molar-refractivity contribution in [2.24, 2.45) is 11.8 Å². The fourth-order valence-corrected chi connectivity index (χ4v) is 9.64. The van der Waals surface area contributed by atoms with Gasteiger partial charge in [0.15, 0.2) is 0 Å². The highest BCUT2D eigenvalue weighted by atomic mass is 16.6. The number of rotatable bonds is 45. The van der Waals surface area contributed by atoms with Crippen LogP contribution in [0.1, 0.15) is 246 Å². The highest BCUT2D eigenvalue weighted by Crippen LogP contribution is 2.28. The van der Waals surface area contributed by atoms with Crippen molar-refractivity contribution in [3.8, 4) is 0 Å². The van der Waals surface area contributed by atoms with Crippen LogP contribution in [0, 0.1) is 11.8 Å². The molecular formula is C59H104N2O14. The average molecular weight is 1070 g/mol. The lowest BCUT2D eigenvalue weighted by Crippen LogP contribution is -2.48. The molecule has 2 aliphatic heterocycles. The van der Waals surface area contributed by atoms with E-state index in [0.717, 1.165) is 116 Å². The van der Waals surface area contributed by atoms with Gasteiger partial charge in [0.1, 0.15) is 19.3 Å². The van der Waals surface area contributed by atoms with Gasteiger partial charge in [-0.25, -0.2) is 4.79 Å². The molecule has 0 bridgehead atoms. The first-order chi connectivity index (χ1) is 36.4. The van der Waals surface area contributed by atoms with Crippen molar-refractivity contribution in [2.45, 2.75) is 264 Å². The summed E-state index contributed by atoms with van der Waals surface area (Å²) in [6, 6.07) is -1.17. The first-order valence-corrected chi connectivity index (χ1v) is 30.0. The van der Waals surface area contributed by atoms with Crippen LogP contribution in [0.25, 0.3) is 0 Å². The number of nitrogens with zero attached hydrogens (tertiary/aromatic N) is 2. The van der Waals surface area contributed by atoms with E-state index in [1.807, 2.05) is 7.05 Å². The third-order valence-electron chi connectivity index (χ3n) is 14.3. The number of carbonyl (C=O) groups excluding carboxylic acids is 7. The lowest BCUT2D eigenvalue weighted by Gasteiger charge is -2.34. The summed E-state index contributed by atoms with van der Waals surface area (Å²) in [5.41, 5.74) is 0. The zero-order valence-electron chi connectivity index (χ0n) is 47.7. The molecule has 2 fully saturated rings. The van der Waals surface area contributed by atoms with Crippen LogP contribution in [-0.2, 0) is 61.9 Å². The molecule has 434 valence electrons. The van der Waals surface area contributed by atoms with Crippen molar-refractivity contribution in [3.63, 3.8) is 0 Å². The minimum atomic E-state index is -0.629. The van der Waals surface area contributed by atoms with Crippen molar-refractivity contribution >= 4 is 41.9 Å². The number of carbonyl (C=O) groups is 7. The third kappa shape index (κ3) is 34.4. The largest absolute Gasteiger partial charge is 0.465 e. The van der Waals surface area contributed by atoms with Gasteiger partial charge in [-0.2, -0.15) is 0 Å². The van der Waals surface area contributed by atoms with E-state index in [9.17, 15) is 33.6 Å². The van der Waals surface area contributed by atoms with Crippen LogP contribution in [-0.4, -0.2) is 130 Å². The summed E-state index contributed by atoms with van der Waals surface area (Å²) in [7, 11) is 1.97. The molecule has 0 radical (unpaired) electrons. The van der Waals surface area contributed by atoms with Crippen LogP contribution in [0.3, 0.4) is 0 Å². The van der Waals surface area contributed by atoms with Gasteiger partial charge in [0.2, 0.25) is 0 Å².